The number of hydrogen-bond donors (Lipinski definition) is 1. The van der Waals surface area contributed by atoms with Crippen LogP contribution in [-0.4, -0.2) is 59.4 Å². The number of amides is 1. The first-order chi connectivity index (χ1) is 14.9. The van der Waals surface area contributed by atoms with Crippen LogP contribution in [-0.2, 0) is 11.3 Å². The number of nitrogens with one attached hydrogen (secondary N) is 1. The van der Waals surface area contributed by atoms with E-state index in [4.69, 9.17) is 4.98 Å². The van der Waals surface area contributed by atoms with E-state index in [-0.39, 0.29) is 17.4 Å². The van der Waals surface area contributed by atoms with E-state index in [0.29, 0.717) is 18.3 Å². The lowest BCUT2D eigenvalue weighted by Crippen LogP contribution is -2.35. The fraction of sp³-hybridized carbons (Fsp3) is 0.545. The third-order valence-corrected chi connectivity index (χ3v) is 6.38. The molecule has 9 heteroatoms. The maximum absolute atomic E-state index is 12.6. The number of imidazole rings is 1. The number of rotatable bonds is 5. The highest BCUT2D eigenvalue weighted by Gasteiger charge is 2.45. The van der Waals surface area contributed by atoms with Crippen LogP contribution in [0.4, 0.5) is 5.82 Å². The van der Waals surface area contributed by atoms with E-state index < -0.39 is 0 Å². The van der Waals surface area contributed by atoms with E-state index in [9.17, 15) is 4.79 Å². The molecule has 5 rings (SSSR count). The van der Waals surface area contributed by atoms with Crippen molar-refractivity contribution in [2.75, 3.05) is 18.4 Å². The number of hydrogen-bond acceptors (Lipinski definition) is 7. The van der Waals surface area contributed by atoms with Crippen molar-refractivity contribution in [3.05, 3.63) is 24.5 Å². The first-order valence-electron chi connectivity index (χ1n) is 10.9. The van der Waals surface area contributed by atoms with E-state index >= 15 is 0 Å². The van der Waals surface area contributed by atoms with Crippen molar-refractivity contribution >= 4 is 22.9 Å². The summed E-state index contributed by atoms with van der Waals surface area (Å²) < 4.78 is 2.05. The van der Waals surface area contributed by atoms with E-state index in [2.05, 4.69) is 50.6 Å². The summed E-state index contributed by atoms with van der Waals surface area (Å²) in [6, 6.07) is 0.0891. The van der Waals surface area contributed by atoms with Crippen molar-refractivity contribution in [3.63, 3.8) is 0 Å². The Morgan fingerprint density at radius 3 is 2.61 bits per heavy atom. The predicted molar refractivity (Wildman–Crippen MR) is 117 cm³/mol. The zero-order valence-electron chi connectivity index (χ0n) is 18.5. The summed E-state index contributed by atoms with van der Waals surface area (Å²) in [4.78, 5) is 37.2. The van der Waals surface area contributed by atoms with Crippen LogP contribution in [0.2, 0.25) is 0 Å². The molecule has 3 aromatic rings. The van der Waals surface area contributed by atoms with Gasteiger partial charge in [-0.15, -0.1) is 0 Å². The van der Waals surface area contributed by atoms with Gasteiger partial charge >= 0.3 is 0 Å². The van der Waals surface area contributed by atoms with Crippen molar-refractivity contribution < 1.29 is 4.79 Å². The largest absolute Gasteiger partial charge is 0.363 e. The van der Waals surface area contributed by atoms with E-state index in [1.807, 2.05) is 11.8 Å². The van der Waals surface area contributed by atoms with Crippen molar-refractivity contribution in [3.8, 4) is 11.4 Å². The van der Waals surface area contributed by atoms with Gasteiger partial charge in [0.25, 0.3) is 0 Å². The number of carbonyl (C=O) groups excluding carboxylic acids is 1. The second kappa shape index (κ2) is 7.25. The molecule has 0 spiro atoms. The summed E-state index contributed by atoms with van der Waals surface area (Å²) in [7, 11) is 0. The summed E-state index contributed by atoms with van der Waals surface area (Å²) in [5.41, 5.74) is 2.28. The number of carbonyl (C=O) groups is 1. The molecule has 1 atom stereocenters. The van der Waals surface area contributed by atoms with Gasteiger partial charge in [-0.05, 0) is 26.7 Å². The maximum atomic E-state index is 12.6. The molecular weight excluding hydrogens is 392 g/mol. The molecule has 1 saturated heterocycles. The molecule has 0 aromatic carbocycles. The van der Waals surface area contributed by atoms with Crippen LogP contribution >= 0.6 is 0 Å². The predicted octanol–water partition coefficient (Wildman–Crippen LogP) is 2.67. The molecule has 1 aliphatic carbocycles. The summed E-state index contributed by atoms with van der Waals surface area (Å²) in [5, 5.41) is 3.59. The minimum absolute atomic E-state index is 0.0667. The Morgan fingerprint density at radius 1 is 1.19 bits per heavy atom. The zero-order chi connectivity index (χ0) is 21.8. The molecule has 2 fully saturated rings. The smallest absolute Gasteiger partial charge is 0.225 e. The molecule has 1 aliphatic heterocycles. The summed E-state index contributed by atoms with van der Waals surface area (Å²) in [6.07, 6.45) is 7.21. The van der Waals surface area contributed by atoms with Gasteiger partial charge in [0.2, 0.25) is 5.91 Å². The molecule has 1 saturated carbocycles. The number of fused-ring (bicyclic) bond motifs is 1. The molecule has 1 amide bonds. The van der Waals surface area contributed by atoms with Gasteiger partial charge < -0.3 is 14.8 Å². The number of aromatic nitrogens is 6. The third kappa shape index (κ3) is 3.51. The summed E-state index contributed by atoms with van der Waals surface area (Å²) >= 11 is 0. The normalized spacial score (nSPS) is 20.4. The van der Waals surface area contributed by atoms with Gasteiger partial charge in [0, 0.05) is 43.4 Å². The minimum Gasteiger partial charge on any atom is -0.363 e. The molecule has 3 aromatic heterocycles. The van der Waals surface area contributed by atoms with E-state index in [1.54, 1.807) is 18.7 Å². The molecule has 31 heavy (non-hydrogen) atoms. The van der Waals surface area contributed by atoms with Crippen molar-refractivity contribution in [2.45, 2.75) is 53.1 Å². The Morgan fingerprint density at radius 2 is 1.94 bits per heavy atom. The van der Waals surface area contributed by atoms with Gasteiger partial charge in [0.05, 0.1) is 11.6 Å². The Balaban J connectivity index is 1.49. The average molecular weight is 421 g/mol. The van der Waals surface area contributed by atoms with Crippen molar-refractivity contribution in [1.82, 2.24) is 34.4 Å². The number of nitrogens with zero attached hydrogens (tertiary/aromatic N) is 7. The second-order valence-electron chi connectivity index (χ2n) is 9.27. The van der Waals surface area contributed by atoms with Crippen molar-refractivity contribution in [1.29, 1.82) is 0 Å². The highest BCUT2D eigenvalue weighted by atomic mass is 16.2. The van der Waals surface area contributed by atoms with Gasteiger partial charge in [-0.2, -0.15) is 0 Å². The lowest BCUT2D eigenvalue weighted by Gasteiger charge is -2.26. The topological polar surface area (TPSA) is 102 Å². The molecular formula is C22H28N8O. The first kappa shape index (κ1) is 19.8. The Hall–Kier alpha value is -3.10. The van der Waals surface area contributed by atoms with Crippen LogP contribution < -0.4 is 5.32 Å². The van der Waals surface area contributed by atoms with Crippen LogP contribution in [0.1, 0.15) is 39.4 Å². The summed E-state index contributed by atoms with van der Waals surface area (Å²) in [6.45, 7) is 10.5. The molecule has 0 radical (unpaired) electrons. The fourth-order valence-corrected chi connectivity index (χ4v) is 4.37. The SMILES string of the molecule is CCn1c(-c2cnc(C)nc2)nc2c(N[C@@H]3CN(C(=O)C4CC4)CC3(C)C)ncnc21. The molecule has 0 bridgehead atoms. The number of anilines is 1. The molecule has 2 aliphatic rings. The lowest BCUT2D eigenvalue weighted by atomic mass is 9.88. The highest BCUT2D eigenvalue weighted by molar-refractivity contribution is 5.86. The van der Waals surface area contributed by atoms with Crippen LogP contribution in [0.5, 0.6) is 0 Å². The molecule has 9 nitrogen and oxygen atoms in total. The van der Waals surface area contributed by atoms with Gasteiger partial charge in [-0.25, -0.2) is 24.9 Å². The third-order valence-electron chi connectivity index (χ3n) is 6.38. The van der Waals surface area contributed by atoms with Gasteiger partial charge in [-0.3, -0.25) is 4.79 Å². The Kier molecular flexibility index (Phi) is 4.64. The van der Waals surface area contributed by atoms with Crippen LogP contribution in [0, 0.1) is 18.3 Å². The van der Waals surface area contributed by atoms with Crippen LogP contribution in [0.25, 0.3) is 22.6 Å². The molecule has 4 heterocycles. The molecule has 162 valence electrons. The second-order valence-corrected chi connectivity index (χ2v) is 9.27. The quantitative estimate of drug-likeness (QED) is 0.677. The molecule has 0 unspecified atom stereocenters. The highest BCUT2D eigenvalue weighted by Crippen LogP contribution is 2.38. The lowest BCUT2D eigenvalue weighted by molar-refractivity contribution is -0.131. The van der Waals surface area contributed by atoms with Gasteiger partial charge in [-0.1, -0.05) is 13.8 Å². The number of aryl methyl sites for hydroxylation is 2. The number of likely N-dealkylation sites (tertiary alicyclic amines) is 1. The minimum atomic E-state index is -0.0667. The van der Waals surface area contributed by atoms with E-state index in [0.717, 1.165) is 54.3 Å². The van der Waals surface area contributed by atoms with Crippen LogP contribution in [0.15, 0.2) is 18.7 Å². The molecule has 1 N–H and O–H groups in total. The monoisotopic (exact) mass is 420 g/mol. The summed E-state index contributed by atoms with van der Waals surface area (Å²) in [5.74, 6) is 2.73. The van der Waals surface area contributed by atoms with Gasteiger partial charge in [0.15, 0.2) is 17.0 Å². The first-order valence-corrected chi connectivity index (χ1v) is 10.9. The van der Waals surface area contributed by atoms with Crippen molar-refractivity contribution in [2.24, 2.45) is 11.3 Å². The standard InChI is InChI=1S/C22H28N8O/c1-5-30-19(15-8-23-13(2)24-9-15)28-17-18(25-12-26-20(17)30)27-16-10-29(11-22(16,3)4)21(31)14-6-7-14/h8-9,12,14,16H,5-7,10-11H2,1-4H3,(H,25,26,27)/t16-/m1/s1. The zero-order valence-corrected chi connectivity index (χ0v) is 18.5. The van der Waals surface area contributed by atoms with Crippen LogP contribution in [0.3, 0.4) is 0 Å². The maximum Gasteiger partial charge on any atom is 0.225 e. The Labute approximate surface area is 181 Å². The van der Waals surface area contributed by atoms with E-state index in [1.165, 1.54) is 0 Å². The van der Waals surface area contributed by atoms with Gasteiger partial charge in [0.1, 0.15) is 18.0 Å². The fourth-order valence-electron chi connectivity index (χ4n) is 4.37. The average Bonchev–Trinajstić information content (AvgIpc) is 3.46. The Bertz CT molecular complexity index is 1130.